The van der Waals surface area contributed by atoms with Gasteiger partial charge in [0.25, 0.3) is 0 Å². The zero-order chi connectivity index (χ0) is 13.6. The second kappa shape index (κ2) is 6.67. The quantitative estimate of drug-likeness (QED) is 0.547. The van der Waals surface area contributed by atoms with Crippen molar-refractivity contribution in [2.75, 3.05) is 13.7 Å². The van der Waals surface area contributed by atoms with Gasteiger partial charge in [-0.1, -0.05) is 26.3 Å². The van der Waals surface area contributed by atoms with E-state index in [9.17, 15) is 13.2 Å². The summed E-state index contributed by atoms with van der Waals surface area (Å²) in [4.78, 5) is 3.78. The molecule has 0 radical (unpaired) electrons. The Morgan fingerprint density at radius 1 is 1.29 bits per heavy atom. The van der Waals surface area contributed by atoms with Gasteiger partial charge in [0.1, 0.15) is 0 Å². The van der Waals surface area contributed by atoms with E-state index in [1.165, 1.54) is 7.05 Å². The van der Waals surface area contributed by atoms with Crippen molar-refractivity contribution in [3.63, 3.8) is 0 Å². The third kappa shape index (κ3) is 5.75. The lowest BCUT2D eigenvalue weighted by Gasteiger charge is -2.17. The van der Waals surface area contributed by atoms with Crippen molar-refractivity contribution in [2.24, 2.45) is 10.9 Å². The van der Waals surface area contributed by atoms with Gasteiger partial charge in [0, 0.05) is 12.6 Å². The third-order valence-electron chi connectivity index (χ3n) is 2.46. The molecule has 0 aromatic carbocycles. The van der Waals surface area contributed by atoms with Gasteiger partial charge in [-0.15, -0.1) is 0 Å². The Morgan fingerprint density at radius 2 is 1.82 bits per heavy atom. The van der Waals surface area contributed by atoms with Gasteiger partial charge in [-0.3, -0.25) is 4.99 Å². The fourth-order valence-electron chi connectivity index (χ4n) is 1.73. The highest BCUT2D eigenvalue weighted by Gasteiger charge is 2.29. The summed E-state index contributed by atoms with van der Waals surface area (Å²) in [6.07, 6.45) is -3.56. The molecule has 0 aliphatic carbocycles. The number of allylic oxidation sites excluding steroid dienone is 1. The first-order chi connectivity index (χ1) is 7.72. The average molecular weight is 251 g/mol. The van der Waals surface area contributed by atoms with Gasteiger partial charge >= 0.3 is 6.18 Å². The van der Waals surface area contributed by atoms with E-state index in [2.05, 4.69) is 4.99 Å². The SMILES string of the molecule is CCC(=C(C)C(=NC)OCC(F)(F)F)C(C)C. The number of rotatable bonds is 4. The van der Waals surface area contributed by atoms with Crippen LogP contribution in [0, 0.1) is 5.92 Å². The molecule has 0 atom stereocenters. The summed E-state index contributed by atoms with van der Waals surface area (Å²) in [6.45, 7) is 6.41. The van der Waals surface area contributed by atoms with Crippen LogP contribution < -0.4 is 0 Å². The summed E-state index contributed by atoms with van der Waals surface area (Å²) in [7, 11) is 1.43. The van der Waals surface area contributed by atoms with Crippen LogP contribution in [-0.4, -0.2) is 25.7 Å². The van der Waals surface area contributed by atoms with Crippen LogP contribution in [0.1, 0.15) is 34.1 Å². The monoisotopic (exact) mass is 251 g/mol. The molecule has 0 heterocycles. The lowest BCUT2D eigenvalue weighted by molar-refractivity contribution is -0.156. The van der Waals surface area contributed by atoms with Gasteiger partial charge in [-0.2, -0.15) is 13.2 Å². The zero-order valence-corrected chi connectivity index (χ0v) is 11.0. The largest absolute Gasteiger partial charge is 0.468 e. The van der Waals surface area contributed by atoms with Crippen LogP contribution in [0.3, 0.4) is 0 Å². The summed E-state index contributed by atoms with van der Waals surface area (Å²) < 4.78 is 40.9. The van der Waals surface area contributed by atoms with Crippen molar-refractivity contribution in [3.05, 3.63) is 11.1 Å². The Balaban J connectivity index is 4.90. The molecule has 0 unspecified atom stereocenters. The van der Waals surface area contributed by atoms with Crippen LogP contribution in [0.15, 0.2) is 16.1 Å². The fourth-order valence-corrected chi connectivity index (χ4v) is 1.73. The summed E-state index contributed by atoms with van der Waals surface area (Å²) in [5, 5.41) is 0. The number of hydrogen-bond acceptors (Lipinski definition) is 2. The number of halogens is 3. The third-order valence-corrected chi connectivity index (χ3v) is 2.46. The van der Waals surface area contributed by atoms with E-state index in [1.807, 2.05) is 20.8 Å². The topological polar surface area (TPSA) is 21.6 Å². The summed E-state index contributed by atoms with van der Waals surface area (Å²) in [6, 6.07) is 0. The van der Waals surface area contributed by atoms with Crippen molar-refractivity contribution >= 4 is 5.90 Å². The Kier molecular flexibility index (Phi) is 6.27. The zero-order valence-electron chi connectivity index (χ0n) is 11.0. The van der Waals surface area contributed by atoms with Crippen LogP contribution >= 0.6 is 0 Å². The van der Waals surface area contributed by atoms with Gasteiger partial charge in [0.05, 0.1) is 0 Å². The van der Waals surface area contributed by atoms with Gasteiger partial charge < -0.3 is 4.74 Å². The van der Waals surface area contributed by atoms with E-state index in [0.29, 0.717) is 5.57 Å². The van der Waals surface area contributed by atoms with Crippen LogP contribution in [0.4, 0.5) is 13.2 Å². The molecular formula is C12H20F3NO. The summed E-state index contributed by atoms with van der Waals surface area (Å²) in [5.41, 5.74) is 1.77. The minimum atomic E-state index is -4.33. The molecule has 0 saturated heterocycles. The van der Waals surface area contributed by atoms with E-state index >= 15 is 0 Å². The van der Waals surface area contributed by atoms with Crippen LogP contribution in [0.5, 0.6) is 0 Å². The van der Waals surface area contributed by atoms with Gasteiger partial charge in [0.2, 0.25) is 5.90 Å². The molecule has 0 spiro atoms. The van der Waals surface area contributed by atoms with Crippen LogP contribution in [0.2, 0.25) is 0 Å². The van der Waals surface area contributed by atoms with Crippen molar-refractivity contribution in [1.29, 1.82) is 0 Å². The van der Waals surface area contributed by atoms with E-state index < -0.39 is 12.8 Å². The molecule has 0 aliphatic heterocycles. The predicted octanol–water partition coefficient (Wildman–Crippen LogP) is 3.98. The highest BCUT2D eigenvalue weighted by atomic mass is 19.4. The van der Waals surface area contributed by atoms with Crippen LogP contribution in [0.25, 0.3) is 0 Å². The Labute approximate surface area is 101 Å². The molecule has 2 nitrogen and oxygen atoms in total. The first kappa shape index (κ1) is 16.0. The van der Waals surface area contributed by atoms with E-state index in [1.54, 1.807) is 6.92 Å². The minimum Gasteiger partial charge on any atom is -0.468 e. The second-order valence-corrected chi connectivity index (χ2v) is 4.09. The Bertz CT molecular complexity index is 303. The lowest BCUT2D eigenvalue weighted by Crippen LogP contribution is -2.21. The van der Waals surface area contributed by atoms with Crippen molar-refractivity contribution in [3.8, 4) is 0 Å². The molecule has 0 saturated carbocycles. The van der Waals surface area contributed by atoms with Gasteiger partial charge in [-0.05, 0) is 19.3 Å². The highest BCUT2D eigenvalue weighted by Crippen LogP contribution is 2.21. The van der Waals surface area contributed by atoms with Gasteiger partial charge in [-0.25, -0.2) is 0 Å². The summed E-state index contributed by atoms with van der Waals surface area (Å²) >= 11 is 0. The van der Waals surface area contributed by atoms with Crippen molar-refractivity contribution in [2.45, 2.75) is 40.3 Å². The van der Waals surface area contributed by atoms with Gasteiger partial charge in [0.15, 0.2) is 6.61 Å². The molecule has 0 N–H and O–H groups in total. The number of aliphatic imine (C=N–C) groups is 1. The molecule has 0 aromatic rings. The molecule has 0 rings (SSSR count). The standard InChI is InChI=1S/C12H20F3NO/c1-6-10(8(2)3)9(4)11(16-5)17-7-12(13,14)15/h8H,6-7H2,1-5H3. The average Bonchev–Trinajstić information content (AvgIpc) is 2.17. The molecule has 0 fully saturated rings. The van der Waals surface area contributed by atoms with E-state index in [0.717, 1.165) is 12.0 Å². The normalized spacial score (nSPS) is 15.0. The number of hydrogen-bond donors (Lipinski definition) is 0. The fraction of sp³-hybridized carbons (Fsp3) is 0.750. The Morgan fingerprint density at radius 3 is 2.12 bits per heavy atom. The Hall–Kier alpha value is -1.00. The summed E-state index contributed by atoms with van der Waals surface area (Å²) in [5.74, 6) is 0.346. The van der Waals surface area contributed by atoms with Crippen molar-refractivity contribution < 1.29 is 17.9 Å². The lowest BCUT2D eigenvalue weighted by atomic mass is 9.95. The molecule has 5 heteroatoms. The molecule has 0 amide bonds. The number of nitrogens with zero attached hydrogens (tertiary/aromatic N) is 1. The second-order valence-electron chi connectivity index (χ2n) is 4.09. The first-order valence-electron chi connectivity index (χ1n) is 5.59. The van der Waals surface area contributed by atoms with E-state index in [-0.39, 0.29) is 11.8 Å². The maximum Gasteiger partial charge on any atom is 0.422 e. The predicted molar refractivity (Wildman–Crippen MR) is 63.2 cm³/mol. The molecule has 0 aliphatic rings. The molecular weight excluding hydrogens is 231 g/mol. The maximum atomic E-state index is 12.1. The first-order valence-corrected chi connectivity index (χ1v) is 5.59. The molecule has 0 bridgehead atoms. The molecule has 17 heavy (non-hydrogen) atoms. The minimum absolute atomic E-state index is 0.0767. The number of ether oxygens (including phenoxy) is 1. The molecule has 0 aromatic heterocycles. The molecule has 100 valence electrons. The smallest absolute Gasteiger partial charge is 0.422 e. The van der Waals surface area contributed by atoms with Crippen LogP contribution in [-0.2, 0) is 4.74 Å². The highest BCUT2D eigenvalue weighted by molar-refractivity contribution is 5.93. The van der Waals surface area contributed by atoms with Crippen molar-refractivity contribution in [1.82, 2.24) is 0 Å². The maximum absolute atomic E-state index is 12.1. The van der Waals surface area contributed by atoms with E-state index in [4.69, 9.17) is 4.74 Å². The number of alkyl halides is 3.